The molecule has 1 aliphatic rings. The van der Waals surface area contributed by atoms with E-state index in [9.17, 15) is 0 Å². The molecule has 1 unspecified atom stereocenters. The summed E-state index contributed by atoms with van der Waals surface area (Å²) in [4.78, 5) is 9.41. The molecule has 24 heavy (non-hydrogen) atoms. The maximum Gasteiger partial charge on any atom is 0.193 e. The summed E-state index contributed by atoms with van der Waals surface area (Å²) < 4.78 is 5.25. The molecule has 2 rings (SSSR count). The van der Waals surface area contributed by atoms with Crippen molar-refractivity contribution in [3.63, 3.8) is 0 Å². The quantitative estimate of drug-likeness (QED) is 0.473. The Morgan fingerprint density at radius 1 is 1.33 bits per heavy atom. The zero-order valence-electron chi connectivity index (χ0n) is 15.6. The largest absolute Gasteiger partial charge is 0.497 e. The van der Waals surface area contributed by atoms with Gasteiger partial charge in [0.15, 0.2) is 5.96 Å². The van der Waals surface area contributed by atoms with Crippen LogP contribution in [0.25, 0.3) is 0 Å². The lowest BCUT2D eigenvalue weighted by molar-refractivity contribution is 0.402. The van der Waals surface area contributed by atoms with Crippen LogP contribution in [-0.2, 0) is 0 Å². The number of nitrogens with one attached hydrogen (secondary N) is 1. The summed E-state index contributed by atoms with van der Waals surface area (Å²) in [7, 11) is 5.92. The summed E-state index contributed by atoms with van der Waals surface area (Å²) in [5.74, 6) is 2.55. The normalized spacial score (nSPS) is 18.3. The van der Waals surface area contributed by atoms with E-state index in [0.29, 0.717) is 5.92 Å². The molecule has 1 saturated heterocycles. The number of methoxy groups -OCH3 is 1. The molecule has 0 spiro atoms. The van der Waals surface area contributed by atoms with E-state index in [2.05, 4.69) is 60.4 Å². The molecule has 0 bridgehead atoms. The van der Waals surface area contributed by atoms with E-state index in [-0.39, 0.29) is 0 Å². The van der Waals surface area contributed by atoms with Crippen molar-refractivity contribution in [1.29, 1.82) is 0 Å². The lowest BCUT2D eigenvalue weighted by Gasteiger charge is -2.22. The molecule has 1 fully saturated rings. The Morgan fingerprint density at radius 3 is 2.71 bits per heavy atom. The second-order valence-corrected chi connectivity index (χ2v) is 6.60. The number of aliphatic imine (C=N–C) groups is 1. The van der Waals surface area contributed by atoms with E-state index < -0.39 is 0 Å². The Morgan fingerprint density at radius 2 is 2.08 bits per heavy atom. The van der Waals surface area contributed by atoms with Crippen LogP contribution >= 0.6 is 0 Å². The van der Waals surface area contributed by atoms with Crippen molar-refractivity contribution in [2.75, 3.05) is 53.9 Å². The first-order valence-corrected chi connectivity index (χ1v) is 8.96. The molecule has 1 heterocycles. The number of benzene rings is 1. The third-order valence-corrected chi connectivity index (χ3v) is 4.43. The standard InChI is InChI=1S/C19H32N4O/c1-5-20-19(21-12-6-13-22(2)3)23-14-11-17(15-23)16-7-9-18(24-4)10-8-16/h7-10,17H,5-6,11-15H2,1-4H3,(H,20,21). The average Bonchev–Trinajstić information content (AvgIpc) is 3.07. The second-order valence-electron chi connectivity index (χ2n) is 6.60. The monoisotopic (exact) mass is 332 g/mol. The molecule has 1 aliphatic heterocycles. The highest BCUT2D eigenvalue weighted by Crippen LogP contribution is 2.28. The van der Waals surface area contributed by atoms with Crippen molar-refractivity contribution in [3.05, 3.63) is 29.8 Å². The number of ether oxygens (including phenoxy) is 1. The van der Waals surface area contributed by atoms with Crippen LogP contribution in [0.15, 0.2) is 29.3 Å². The van der Waals surface area contributed by atoms with Gasteiger partial charge < -0.3 is 19.9 Å². The smallest absolute Gasteiger partial charge is 0.193 e. The summed E-state index contributed by atoms with van der Waals surface area (Å²) >= 11 is 0. The number of hydrogen-bond acceptors (Lipinski definition) is 3. The molecule has 0 radical (unpaired) electrons. The van der Waals surface area contributed by atoms with E-state index >= 15 is 0 Å². The zero-order chi connectivity index (χ0) is 17.4. The van der Waals surface area contributed by atoms with Gasteiger partial charge in [0.25, 0.3) is 0 Å². The molecule has 1 N–H and O–H groups in total. The van der Waals surface area contributed by atoms with Crippen LogP contribution in [0.1, 0.15) is 31.2 Å². The maximum absolute atomic E-state index is 5.25. The minimum Gasteiger partial charge on any atom is -0.497 e. The highest BCUT2D eigenvalue weighted by atomic mass is 16.5. The predicted octanol–water partition coefficient (Wildman–Crippen LogP) is 2.40. The van der Waals surface area contributed by atoms with Gasteiger partial charge >= 0.3 is 0 Å². The highest BCUT2D eigenvalue weighted by molar-refractivity contribution is 5.80. The molecular formula is C19H32N4O. The molecule has 134 valence electrons. The van der Waals surface area contributed by atoms with Crippen molar-refractivity contribution in [2.45, 2.75) is 25.7 Å². The minimum absolute atomic E-state index is 0.571. The van der Waals surface area contributed by atoms with E-state index in [1.807, 2.05) is 0 Å². The lowest BCUT2D eigenvalue weighted by atomic mass is 9.98. The third-order valence-electron chi connectivity index (χ3n) is 4.43. The first kappa shape index (κ1) is 18.6. The van der Waals surface area contributed by atoms with Gasteiger partial charge in [-0.05, 0) is 58.1 Å². The summed E-state index contributed by atoms with van der Waals surface area (Å²) in [6, 6.07) is 8.49. The average molecular weight is 332 g/mol. The van der Waals surface area contributed by atoms with Crippen LogP contribution in [0.3, 0.4) is 0 Å². The van der Waals surface area contributed by atoms with Gasteiger partial charge in [-0.15, -0.1) is 0 Å². The van der Waals surface area contributed by atoms with E-state index in [1.165, 1.54) is 12.0 Å². The Bertz CT molecular complexity index is 513. The fourth-order valence-electron chi connectivity index (χ4n) is 3.10. The molecule has 0 amide bonds. The predicted molar refractivity (Wildman–Crippen MR) is 101 cm³/mol. The van der Waals surface area contributed by atoms with Crippen molar-refractivity contribution < 1.29 is 4.74 Å². The van der Waals surface area contributed by atoms with Crippen molar-refractivity contribution in [1.82, 2.24) is 15.1 Å². The summed E-state index contributed by atoms with van der Waals surface area (Å²) in [6.45, 7) is 7.10. The molecule has 5 nitrogen and oxygen atoms in total. The summed E-state index contributed by atoms with van der Waals surface area (Å²) in [6.07, 6.45) is 2.27. The van der Waals surface area contributed by atoms with Gasteiger partial charge in [0, 0.05) is 32.1 Å². The van der Waals surface area contributed by atoms with Gasteiger partial charge in [-0.25, -0.2) is 0 Å². The molecule has 5 heteroatoms. The van der Waals surface area contributed by atoms with Crippen molar-refractivity contribution in [2.24, 2.45) is 4.99 Å². The van der Waals surface area contributed by atoms with Gasteiger partial charge in [-0.1, -0.05) is 12.1 Å². The van der Waals surface area contributed by atoms with Gasteiger partial charge in [-0.3, -0.25) is 4.99 Å². The van der Waals surface area contributed by atoms with Gasteiger partial charge in [0.2, 0.25) is 0 Å². The Kier molecular flexibility index (Phi) is 7.37. The molecular weight excluding hydrogens is 300 g/mol. The van der Waals surface area contributed by atoms with Gasteiger partial charge in [0.1, 0.15) is 5.75 Å². The van der Waals surface area contributed by atoms with Crippen LogP contribution in [-0.4, -0.2) is 69.7 Å². The van der Waals surface area contributed by atoms with Gasteiger partial charge in [-0.2, -0.15) is 0 Å². The van der Waals surface area contributed by atoms with Crippen LogP contribution in [0.4, 0.5) is 0 Å². The molecule has 1 aromatic rings. The van der Waals surface area contributed by atoms with Crippen molar-refractivity contribution >= 4 is 5.96 Å². The van der Waals surface area contributed by atoms with Crippen LogP contribution in [0, 0.1) is 0 Å². The van der Waals surface area contributed by atoms with Crippen molar-refractivity contribution in [3.8, 4) is 5.75 Å². The minimum atomic E-state index is 0.571. The first-order valence-electron chi connectivity index (χ1n) is 8.96. The van der Waals surface area contributed by atoms with E-state index in [0.717, 1.165) is 50.9 Å². The summed E-state index contributed by atoms with van der Waals surface area (Å²) in [5.41, 5.74) is 1.39. The van der Waals surface area contributed by atoms with Gasteiger partial charge in [0.05, 0.1) is 7.11 Å². The second kappa shape index (κ2) is 9.52. The fraction of sp³-hybridized carbons (Fsp3) is 0.632. The third kappa shape index (κ3) is 5.41. The number of likely N-dealkylation sites (tertiary alicyclic amines) is 1. The lowest BCUT2D eigenvalue weighted by Crippen LogP contribution is -2.40. The van der Waals surface area contributed by atoms with Crippen LogP contribution < -0.4 is 10.1 Å². The Hall–Kier alpha value is -1.75. The zero-order valence-corrected chi connectivity index (χ0v) is 15.6. The molecule has 0 aliphatic carbocycles. The number of guanidine groups is 1. The fourth-order valence-corrected chi connectivity index (χ4v) is 3.10. The Labute approximate surface area is 146 Å². The summed E-state index contributed by atoms with van der Waals surface area (Å²) in [5, 5.41) is 3.45. The van der Waals surface area contributed by atoms with E-state index in [4.69, 9.17) is 9.73 Å². The molecule has 0 saturated carbocycles. The van der Waals surface area contributed by atoms with Crippen LogP contribution in [0.5, 0.6) is 5.75 Å². The first-order chi connectivity index (χ1) is 11.6. The molecule has 1 aromatic carbocycles. The number of nitrogens with zero attached hydrogens (tertiary/aromatic N) is 3. The van der Waals surface area contributed by atoms with E-state index in [1.54, 1.807) is 7.11 Å². The SMILES string of the molecule is CCNC(=NCCCN(C)C)N1CCC(c2ccc(OC)cc2)C1. The Balaban J connectivity index is 1.93. The maximum atomic E-state index is 5.25. The topological polar surface area (TPSA) is 40.1 Å². The molecule has 0 aromatic heterocycles. The highest BCUT2D eigenvalue weighted by Gasteiger charge is 2.25. The number of rotatable bonds is 7. The van der Waals surface area contributed by atoms with Crippen LogP contribution in [0.2, 0.25) is 0 Å². The number of hydrogen-bond donors (Lipinski definition) is 1. The molecule has 1 atom stereocenters.